The minimum absolute atomic E-state index is 0.833. The van der Waals surface area contributed by atoms with Gasteiger partial charge in [0, 0.05) is 0 Å². The van der Waals surface area contributed by atoms with Gasteiger partial charge in [-0.05, 0) is 28.6 Å². The maximum atomic E-state index is 4.80. The Labute approximate surface area is 44.5 Å². The Bertz CT molecular complexity index is 107. The van der Waals surface area contributed by atoms with Crippen LogP contribution in [0.3, 0.4) is 0 Å². The Kier molecular flexibility index (Phi) is 0.908. The molecule has 1 aliphatic rings. The quantitative estimate of drug-likeness (QED) is 0.361. The van der Waals surface area contributed by atoms with E-state index >= 15 is 0 Å². The van der Waals surface area contributed by atoms with Crippen molar-refractivity contribution in [2.45, 2.75) is 0 Å². The van der Waals surface area contributed by atoms with Crippen LogP contribution in [0.1, 0.15) is 0 Å². The zero-order valence-corrected chi connectivity index (χ0v) is 5.61. The summed E-state index contributed by atoms with van der Waals surface area (Å²) in [6.45, 7) is 0. The Hall–Kier alpha value is 1.14. The third-order valence-electron chi connectivity index (χ3n) is 0.310. The molecular weight excluding hydrogens is 140 g/mol. The third kappa shape index (κ3) is 1.34. The van der Waals surface area contributed by atoms with Crippen LogP contribution in [0.5, 0.6) is 0 Å². The molecule has 0 unspecified atom stereocenters. The zero-order chi connectivity index (χ0) is 3.91. The predicted octanol–water partition coefficient (Wildman–Crippen LogP) is 0.683. The SMILES string of the molecule is S=S1(=S)CS1. The monoisotopic (exact) mass is 142 g/mol. The van der Waals surface area contributed by atoms with Crippen LogP contribution >= 0.6 is 10.8 Å². The van der Waals surface area contributed by atoms with E-state index in [1.807, 2.05) is 0 Å². The highest BCUT2D eigenvalue weighted by Gasteiger charge is 2.16. The molecule has 0 bridgehead atoms. The van der Waals surface area contributed by atoms with Gasteiger partial charge < -0.3 is 0 Å². The van der Waals surface area contributed by atoms with E-state index in [1.54, 1.807) is 10.8 Å². The van der Waals surface area contributed by atoms with E-state index < -0.39 is 6.18 Å². The van der Waals surface area contributed by atoms with E-state index in [-0.39, 0.29) is 0 Å². The van der Waals surface area contributed by atoms with Crippen molar-refractivity contribution in [1.29, 1.82) is 0 Å². The third-order valence-corrected chi connectivity index (χ3v) is 6.26. The smallest absolute Gasteiger partial charge is 0.0680 e. The Morgan fingerprint density at radius 3 is 1.80 bits per heavy atom. The van der Waals surface area contributed by atoms with Crippen LogP contribution in [0.2, 0.25) is 0 Å². The van der Waals surface area contributed by atoms with E-state index in [0.717, 1.165) is 5.08 Å². The minimum Gasteiger partial charge on any atom is -0.0728 e. The fourth-order valence-electron chi connectivity index (χ4n) is 0.0393. The van der Waals surface area contributed by atoms with Crippen molar-refractivity contribution in [3.8, 4) is 0 Å². The summed E-state index contributed by atoms with van der Waals surface area (Å²) in [5.74, 6) is 0. The van der Waals surface area contributed by atoms with Gasteiger partial charge in [-0.15, -0.1) is 0 Å². The number of hydrogen-bond donors (Lipinski definition) is 0. The first-order chi connectivity index (χ1) is 2.21. The standard InChI is InChI=1S/CH2S4/c2-5(3)1-4-5/h1H2. The van der Waals surface area contributed by atoms with Crippen LogP contribution in [0.25, 0.3) is 0 Å². The lowest BCUT2D eigenvalue weighted by molar-refractivity contribution is 2.42. The van der Waals surface area contributed by atoms with Crippen LogP contribution in [-0.2, 0) is 28.6 Å². The summed E-state index contributed by atoms with van der Waals surface area (Å²) < 4.78 is 0. The van der Waals surface area contributed by atoms with E-state index in [1.165, 1.54) is 0 Å². The molecule has 0 N–H and O–H groups in total. The fraction of sp³-hybridized carbons (Fsp3) is 1.00. The molecule has 4 heteroatoms. The van der Waals surface area contributed by atoms with E-state index in [4.69, 9.17) is 22.4 Å². The van der Waals surface area contributed by atoms with Crippen LogP contribution < -0.4 is 0 Å². The van der Waals surface area contributed by atoms with Crippen molar-refractivity contribution in [3.05, 3.63) is 0 Å². The molecule has 0 saturated carbocycles. The molecule has 1 fully saturated rings. The topological polar surface area (TPSA) is 0 Å². The van der Waals surface area contributed by atoms with E-state index in [2.05, 4.69) is 0 Å². The van der Waals surface area contributed by atoms with Crippen molar-refractivity contribution < 1.29 is 0 Å². The molecule has 0 aromatic heterocycles. The summed E-state index contributed by atoms with van der Waals surface area (Å²) >= 11 is 9.60. The molecule has 1 saturated heterocycles. The molecule has 1 aliphatic heterocycles. The Balaban J connectivity index is 3.15. The number of hydrogen-bond acceptors (Lipinski definition) is 3. The molecule has 0 amide bonds. The van der Waals surface area contributed by atoms with Gasteiger partial charge in [0.15, 0.2) is 0 Å². The van der Waals surface area contributed by atoms with Crippen LogP contribution in [0, 0.1) is 0 Å². The average molecular weight is 142 g/mol. The summed E-state index contributed by atoms with van der Waals surface area (Å²) in [6.07, 6.45) is -0.833. The summed E-state index contributed by atoms with van der Waals surface area (Å²) in [5, 5.41) is 1.08. The van der Waals surface area contributed by atoms with Gasteiger partial charge >= 0.3 is 0 Å². The molecule has 5 heavy (non-hydrogen) atoms. The molecular formula is CH2S4. The average Bonchev–Trinajstić information content (AvgIpc) is 1.76. The first kappa shape index (κ1) is 4.30. The second kappa shape index (κ2) is 1.05. The summed E-state index contributed by atoms with van der Waals surface area (Å²) in [7, 11) is 1.74. The molecule has 0 radical (unpaired) electrons. The highest BCUT2D eigenvalue weighted by atomic mass is 33.6. The van der Waals surface area contributed by atoms with Gasteiger partial charge in [0.1, 0.15) is 0 Å². The molecule has 1 rings (SSSR count). The maximum absolute atomic E-state index is 4.80. The first-order valence-electron chi connectivity index (χ1n) is 1.08. The Morgan fingerprint density at radius 2 is 1.80 bits per heavy atom. The molecule has 0 aliphatic carbocycles. The largest absolute Gasteiger partial charge is 0.0728 e. The van der Waals surface area contributed by atoms with Crippen molar-refractivity contribution >= 4 is 39.3 Å². The van der Waals surface area contributed by atoms with Crippen molar-refractivity contribution in [2.24, 2.45) is 0 Å². The van der Waals surface area contributed by atoms with Gasteiger partial charge in [-0.3, -0.25) is 0 Å². The normalized spacial score (nSPS) is 29.6. The van der Waals surface area contributed by atoms with Gasteiger partial charge in [-0.2, -0.15) is 0 Å². The second-order valence-corrected chi connectivity index (χ2v) is 10.8. The zero-order valence-electron chi connectivity index (χ0n) is 2.34. The molecule has 0 spiro atoms. The van der Waals surface area contributed by atoms with Crippen LogP contribution in [0.15, 0.2) is 0 Å². The van der Waals surface area contributed by atoms with Gasteiger partial charge in [0.2, 0.25) is 0 Å². The minimum atomic E-state index is -0.833. The van der Waals surface area contributed by atoms with Crippen LogP contribution in [-0.4, -0.2) is 5.08 Å². The predicted molar refractivity (Wildman–Crippen MR) is 34.6 cm³/mol. The molecule has 0 nitrogen and oxygen atoms in total. The molecule has 30 valence electrons. The highest BCUT2D eigenvalue weighted by molar-refractivity contribution is 9.10. The summed E-state index contributed by atoms with van der Waals surface area (Å²) in [4.78, 5) is 0. The molecule has 0 aromatic rings. The van der Waals surface area contributed by atoms with Gasteiger partial charge in [0.25, 0.3) is 0 Å². The van der Waals surface area contributed by atoms with E-state index in [0.29, 0.717) is 0 Å². The molecule has 0 atom stereocenters. The molecule has 1 heterocycles. The van der Waals surface area contributed by atoms with E-state index in [9.17, 15) is 0 Å². The summed E-state index contributed by atoms with van der Waals surface area (Å²) in [6, 6.07) is 0. The highest BCUT2D eigenvalue weighted by Crippen LogP contribution is 2.33. The first-order valence-corrected chi connectivity index (χ1v) is 6.23. The van der Waals surface area contributed by atoms with Crippen molar-refractivity contribution in [1.82, 2.24) is 0 Å². The van der Waals surface area contributed by atoms with Gasteiger partial charge in [0.05, 0.1) is 5.08 Å². The lowest BCUT2D eigenvalue weighted by Gasteiger charge is -1.51. The van der Waals surface area contributed by atoms with Crippen LogP contribution in [0.4, 0.5) is 0 Å². The fourth-order valence-corrected chi connectivity index (χ4v) is 3.18. The lowest BCUT2D eigenvalue weighted by Crippen LogP contribution is -1.49. The van der Waals surface area contributed by atoms with Gasteiger partial charge in [-0.25, -0.2) is 0 Å². The number of rotatable bonds is 0. The lowest BCUT2D eigenvalue weighted by atomic mass is 11.9. The van der Waals surface area contributed by atoms with Gasteiger partial charge in [-0.1, -0.05) is 10.8 Å². The van der Waals surface area contributed by atoms with Crippen molar-refractivity contribution in [2.75, 3.05) is 5.08 Å². The maximum Gasteiger partial charge on any atom is 0.0680 e. The second-order valence-electron chi connectivity index (χ2n) is 0.793. The Morgan fingerprint density at radius 1 is 1.60 bits per heavy atom. The van der Waals surface area contributed by atoms with Crippen molar-refractivity contribution in [3.63, 3.8) is 0 Å². The molecule has 0 aromatic carbocycles. The summed E-state index contributed by atoms with van der Waals surface area (Å²) in [5.41, 5.74) is 0.